The maximum Gasteiger partial charge on any atom is 0.263 e. The third kappa shape index (κ3) is 3.09. The average molecular weight is 403 g/mol. The molecule has 26 heavy (non-hydrogen) atoms. The number of halogens is 1. The number of thioether (sulfide) groups is 1. The van der Waals surface area contributed by atoms with Crippen LogP contribution in [0.3, 0.4) is 0 Å². The summed E-state index contributed by atoms with van der Waals surface area (Å²) in [6.07, 6.45) is 5.10. The summed E-state index contributed by atoms with van der Waals surface area (Å²) in [7, 11) is 1.57. The van der Waals surface area contributed by atoms with Crippen LogP contribution in [0.4, 0.5) is 0 Å². The molecule has 1 saturated heterocycles. The van der Waals surface area contributed by atoms with E-state index in [4.69, 9.17) is 33.0 Å². The van der Waals surface area contributed by atoms with Crippen LogP contribution in [0.2, 0.25) is 5.02 Å². The number of methoxy groups -OCH3 is 1. The van der Waals surface area contributed by atoms with E-state index in [0.29, 0.717) is 31.3 Å². The van der Waals surface area contributed by atoms with Gasteiger partial charge in [-0.2, -0.15) is 0 Å². The number of aromatic nitrogens is 1. The van der Waals surface area contributed by atoms with Gasteiger partial charge in [-0.15, -0.1) is 0 Å². The zero-order chi connectivity index (χ0) is 18.3. The number of thiocarbonyl (C=S) groups is 1. The first-order valence-corrected chi connectivity index (χ1v) is 9.12. The molecule has 0 spiro atoms. The zero-order valence-corrected chi connectivity index (χ0v) is 15.8. The Morgan fingerprint density at radius 3 is 2.88 bits per heavy atom. The van der Waals surface area contributed by atoms with Crippen LogP contribution >= 0.6 is 35.6 Å². The second-order valence-corrected chi connectivity index (χ2v) is 7.58. The number of rotatable bonds is 3. The van der Waals surface area contributed by atoms with Crippen LogP contribution in [0.5, 0.6) is 5.75 Å². The van der Waals surface area contributed by atoms with Crippen molar-refractivity contribution in [1.82, 2.24) is 10.3 Å². The molecule has 0 bridgehead atoms. The fourth-order valence-electron chi connectivity index (χ4n) is 2.64. The van der Waals surface area contributed by atoms with Crippen molar-refractivity contribution in [3.8, 4) is 16.9 Å². The molecule has 0 aliphatic carbocycles. The number of benzene rings is 1. The van der Waals surface area contributed by atoms with Crippen molar-refractivity contribution >= 4 is 62.9 Å². The number of ether oxygens (including phenoxy) is 1. The molecule has 1 N–H and O–H groups in total. The molecule has 1 aliphatic heterocycles. The van der Waals surface area contributed by atoms with E-state index in [9.17, 15) is 4.79 Å². The van der Waals surface area contributed by atoms with E-state index in [1.54, 1.807) is 37.7 Å². The lowest BCUT2D eigenvalue weighted by Crippen LogP contribution is -2.17. The fraction of sp³-hybridized carbons (Fsp3) is 0.0556. The van der Waals surface area contributed by atoms with E-state index in [1.807, 2.05) is 12.1 Å². The molecule has 0 unspecified atom stereocenters. The molecule has 3 heterocycles. The Balaban J connectivity index is 1.79. The quantitative estimate of drug-likeness (QED) is 0.508. The molecule has 0 saturated carbocycles. The van der Waals surface area contributed by atoms with Gasteiger partial charge in [0.15, 0.2) is 0 Å². The first-order chi connectivity index (χ1) is 12.5. The second-order valence-electron chi connectivity index (χ2n) is 5.46. The minimum Gasteiger partial charge on any atom is -0.495 e. The van der Waals surface area contributed by atoms with Gasteiger partial charge in [0, 0.05) is 29.4 Å². The number of carbonyl (C=O) groups is 1. The molecule has 1 aromatic carbocycles. The zero-order valence-electron chi connectivity index (χ0n) is 13.4. The number of fused-ring (bicyclic) bond motifs is 1. The summed E-state index contributed by atoms with van der Waals surface area (Å²) < 4.78 is 11.6. The number of carbonyl (C=O) groups excluding carboxylic acids is 1. The lowest BCUT2D eigenvalue weighted by molar-refractivity contribution is -0.115. The molecule has 1 fully saturated rings. The van der Waals surface area contributed by atoms with Gasteiger partial charge in [-0.25, -0.2) is 0 Å². The highest BCUT2D eigenvalue weighted by Gasteiger charge is 2.23. The van der Waals surface area contributed by atoms with Gasteiger partial charge < -0.3 is 14.5 Å². The summed E-state index contributed by atoms with van der Waals surface area (Å²) in [4.78, 5) is 16.6. The normalized spacial score (nSPS) is 15.7. The number of hydrogen-bond acceptors (Lipinski definition) is 6. The van der Waals surface area contributed by atoms with Crippen molar-refractivity contribution in [2.24, 2.45) is 0 Å². The molecule has 2 aromatic heterocycles. The van der Waals surface area contributed by atoms with Crippen LogP contribution in [0.25, 0.3) is 28.2 Å². The van der Waals surface area contributed by atoms with Crippen molar-refractivity contribution < 1.29 is 13.9 Å². The molecule has 3 aromatic rings. The number of amides is 1. The maximum atomic E-state index is 11.8. The molecular formula is C18H11ClN2O3S2. The van der Waals surface area contributed by atoms with Crippen LogP contribution < -0.4 is 10.1 Å². The molecule has 4 rings (SSSR count). The van der Waals surface area contributed by atoms with Gasteiger partial charge in [-0.05, 0) is 23.8 Å². The van der Waals surface area contributed by atoms with E-state index >= 15 is 0 Å². The van der Waals surface area contributed by atoms with Gasteiger partial charge in [0.1, 0.15) is 21.4 Å². The highest BCUT2D eigenvalue weighted by atomic mass is 35.5. The minimum absolute atomic E-state index is 0.222. The second kappa shape index (κ2) is 6.75. The fourth-order valence-corrected chi connectivity index (χ4v) is 3.93. The van der Waals surface area contributed by atoms with E-state index in [0.717, 1.165) is 16.5 Å². The van der Waals surface area contributed by atoms with Crippen LogP contribution in [0.15, 0.2) is 46.0 Å². The molecule has 1 aliphatic rings. The van der Waals surface area contributed by atoms with E-state index in [-0.39, 0.29) is 5.91 Å². The average Bonchev–Trinajstić information content (AvgIpc) is 3.16. The largest absolute Gasteiger partial charge is 0.495 e. The molecule has 1 amide bonds. The standard InChI is InChI=1S/C18H11ClN2O3S2/c1-23-14-3-2-9(5-13(14)19)12-8-20-7-10-4-11(24-16(10)12)6-15-17(22)21-18(25)26-15/h2-8H,1H3,(H,21,22,25)/b15-6+. The van der Waals surface area contributed by atoms with Crippen molar-refractivity contribution in [2.45, 2.75) is 0 Å². The monoisotopic (exact) mass is 402 g/mol. The maximum absolute atomic E-state index is 11.8. The predicted molar refractivity (Wildman–Crippen MR) is 107 cm³/mol. The Morgan fingerprint density at radius 2 is 2.19 bits per heavy atom. The number of nitrogens with zero attached hydrogens (tertiary/aromatic N) is 1. The van der Waals surface area contributed by atoms with Crippen molar-refractivity contribution in [2.75, 3.05) is 7.11 Å². The third-order valence-corrected chi connectivity index (χ3v) is 5.28. The Labute approximate surface area is 163 Å². The van der Waals surface area contributed by atoms with Gasteiger partial charge in [-0.1, -0.05) is 41.6 Å². The predicted octanol–water partition coefficient (Wildman–Crippen LogP) is 4.65. The SMILES string of the molecule is COc1ccc(-c2cncc3cc(/C=C4/SC(=S)NC4=O)oc23)cc1Cl. The van der Waals surface area contributed by atoms with E-state index in [2.05, 4.69) is 10.3 Å². The van der Waals surface area contributed by atoms with Crippen LogP contribution in [-0.4, -0.2) is 22.3 Å². The van der Waals surface area contributed by atoms with Gasteiger partial charge in [0.2, 0.25) is 0 Å². The van der Waals surface area contributed by atoms with Gasteiger partial charge in [0.05, 0.1) is 17.0 Å². The summed E-state index contributed by atoms with van der Waals surface area (Å²) in [5, 5.41) is 3.91. The molecule has 5 nitrogen and oxygen atoms in total. The number of nitrogens with one attached hydrogen (secondary N) is 1. The Morgan fingerprint density at radius 1 is 1.35 bits per heavy atom. The summed E-state index contributed by atoms with van der Waals surface area (Å²) >= 11 is 12.4. The van der Waals surface area contributed by atoms with Crippen LogP contribution in [-0.2, 0) is 4.79 Å². The van der Waals surface area contributed by atoms with E-state index in [1.165, 1.54) is 11.8 Å². The molecule has 8 heteroatoms. The Kier molecular flexibility index (Phi) is 4.44. The third-order valence-electron chi connectivity index (χ3n) is 3.82. The van der Waals surface area contributed by atoms with Crippen molar-refractivity contribution in [3.05, 3.63) is 52.3 Å². The minimum atomic E-state index is -0.222. The lowest BCUT2D eigenvalue weighted by atomic mass is 10.1. The van der Waals surface area contributed by atoms with Crippen LogP contribution in [0, 0.1) is 0 Å². The smallest absolute Gasteiger partial charge is 0.263 e. The highest BCUT2D eigenvalue weighted by Crippen LogP contribution is 2.35. The molecule has 0 radical (unpaired) electrons. The summed E-state index contributed by atoms with van der Waals surface area (Å²) in [5.41, 5.74) is 2.33. The summed E-state index contributed by atoms with van der Waals surface area (Å²) in [6.45, 7) is 0. The number of furan rings is 1. The summed E-state index contributed by atoms with van der Waals surface area (Å²) in [5.74, 6) is 0.928. The Hall–Kier alpha value is -2.35. The summed E-state index contributed by atoms with van der Waals surface area (Å²) in [6, 6.07) is 7.32. The van der Waals surface area contributed by atoms with Gasteiger partial charge >= 0.3 is 0 Å². The molecular weight excluding hydrogens is 392 g/mol. The molecule has 0 atom stereocenters. The van der Waals surface area contributed by atoms with Gasteiger partial charge in [-0.3, -0.25) is 9.78 Å². The number of pyridine rings is 1. The highest BCUT2D eigenvalue weighted by molar-refractivity contribution is 8.26. The molecule has 130 valence electrons. The van der Waals surface area contributed by atoms with Crippen molar-refractivity contribution in [3.63, 3.8) is 0 Å². The van der Waals surface area contributed by atoms with Gasteiger partial charge in [0.25, 0.3) is 5.91 Å². The van der Waals surface area contributed by atoms with Crippen LogP contribution in [0.1, 0.15) is 5.76 Å². The Bertz CT molecular complexity index is 1090. The van der Waals surface area contributed by atoms with E-state index < -0.39 is 0 Å². The lowest BCUT2D eigenvalue weighted by Gasteiger charge is -2.06. The first kappa shape index (κ1) is 17.1. The topological polar surface area (TPSA) is 64.4 Å². The first-order valence-electron chi connectivity index (χ1n) is 7.51. The van der Waals surface area contributed by atoms with Crippen molar-refractivity contribution in [1.29, 1.82) is 0 Å². The number of hydrogen-bond donors (Lipinski definition) is 1.